The van der Waals surface area contributed by atoms with Crippen LogP contribution in [0, 0.1) is 0 Å². The van der Waals surface area contributed by atoms with E-state index in [1.807, 2.05) is 0 Å². The molecule has 4 nitrogen and oxygen atoms in total. The minimum Gasteiger partial charge on any atom is -0.492 e. The van der Waals surface area contributed by atoms with Crippen LogP contribution in [-0.2, 0) is 0 Å². The maximum atomic E-state index is 11.1. The molecular formula is C9H8O4S. The Bertz CT molecular complexity index is 389. The first kappa shape index (κ1) is 9.21. The maximum Gasteiger partial charge on any atom is 0.231 e. The van der Waals surface area contributed by atoms with Crippen LogP contribution in [0.15, 0.2) is 12.1 Å². The SMILES string of the molecule is COc1c(C(=O)S)ccc2c1OCO2. The summed E-state index contributed by atoms with van der Waals surface area (Å²) in [5.74, 6) is 1.42. The van der Waals surface area contributed by atoms with Crippen LogP contribution in [0.3, 0.4) is 0 Å². The summed E-state index contributed by atoms with van der Waals surface area (Å²) >= 11 is 3.74. The molecule has 14 heavy (non-hydrogen) atoms. The van der Waals surface area contributed by atoms with Crippen molar-refractivity contribution in [2.24, 2.45) is 0 Å². The number of fused-ring (bicyclic) bond motifs is 1. The molecular weight excluding hydrogens is 204 g/mol. The standard InChI is InChI=1S/C9H8O4S/c1-11-7-5(9(10)14)2-3-6-8(7)13-4-12-6/h2-3H,4H2,1H3,(H,10,14). The lowest BCUT2D eigenvalue weighted by Crippen LogP contribution is -1.97. The van der Waals surface area contributed by atoms with E-state index in [1.54, 1.807) is 12.1 Å². The van der Waals surface area contributed by atoms with E-state index in [9.17, 15) is 4.79 Å². The van der Waals surface area contributed by atoms with E-state index >= 15 is 0 Å². The molecule has 1 aromatic carbocycles. The van der Waals surface area contributed by atoms with E-state index < -0.39 is 0 Å². The molecule has 0 unspecified atom stereocenters. The average molecular weight is 212 g/mol. The van der Waals surface area contributed by atoms with Crippen molar-refractivity contribution in [3.63, 3.8) is 0 Å². The fourth-order valence-corrected chi connectivity index (χ4v) is 1.49. The molecule has 0 spiro atoms. The van der Waals surface area contributed by atoms with Gasteiger partial charge in [0.05, 0.1) is 12.7 Å². The van der Waals surface area contributed by atoms with Gasteiger partial charge in [-0.2, -0.15) is 0 Å². The minimum atomic E-state index is -0.361. The van der Waals surface area contributed by atoms with Crippen molar-refractivity contribution < 1.29 is 19.0 Å². The number of carbonyl (C=O) groups is 1. The third-order valence-electron chi connectivity index (χ3n) is 1.93. The third kappa shape index (κ3) is 1.29. The molecule has 5 heteroatoms. The zero-order valence-electron chi connectivity index (χ0n) is 7.44. The summed E-state index contributed by atoms with van der Waals surface area (Å²) in [4.78, 5) is 11.1. The highest BCUT2D eigenvalue weighted by Crippen LogP contribution is 2.43. The van der Waals surface area contributed by atoms with E-state index in [0.29, 0.717) is 22.8 Å². The lowest BCUT2D eigenvalue weighted by Gasteiger charge is -2.07. The van der Waals surface area contributed by atoms with E-state index in [-0.39, 0.29) is 11.9 Å². The predicted octanol–water partition coefficient (Wildman–Crippen LogP) is 1.49. The predicted molar refractivity (Wildman–Crippen MR) is 52.4 cm³/mol. The van der Waals surface area contributed by atoms with Gasteiger partial charge in [-0.1, -0.05) is 0 Å². The molecule has 1 aliphatic heterocycles. The molecule has 0 aromatic heterocycles. The van der Waals surface area contributed by atoms with Crippen molar-refractivity contribution in [2.75, 3.05) is 13.9 Å². The Hall–Kier alpha value is -1.36. The topological polar surface area (TPSA) is 44.8 Å². The van der Waals surface area contributed by atoms with Gasteiger partial charge in [-0.05, 0) is 12.1 Å². The van der Waals surface area contributed by atoms with Crippen molar-refractivity contribution in [1.29, 1.82) is 0 Å². The number of rotatable bonds is 2. The van der Waals surface area contributed by atoms with Gasteiger partial charge in [-0.3, -0.25) is 4.79 Å². The second-order valence-electron chi connectivity index (χ2n) is 2.69. The third-order valence-corrected chi connectivity index (χ3v) is 2.17. The van der Waals surface area contributed by atoms with Crippen molar-refractivity contribution in [3.8, 4) is 17.2 Å². The number of methoxy groups -OCH3 is 1. The molecule has 0 radical (unpaired) electrons. The van der Waals surface area contributed by atoms with Crippen LogP contribution in [0.4, 0.5) is 0 Å². The molecule has 0 saturated carbocycles. The van der Waals surface area contributed by atoms with Gasteiger partial charge in [0.15, 0.2) is 11.5 Å². The molecule has 74 valence electrons. The van der Waals surface area contributed by atoms with Crippen molar-refractivity contribution in [1.82, 2.24) is 0 Å². The summed E-state index contributed by atoms with van der Waals surface area (Å²) in [5, 5.41) is -0.361. The number of ether oxygens (including phenoxy) is 3. The first-order chi connectivity index (χ1) is 6.74. The minimum absolute atomic E-state index is 0.149. The molecule has 1 aliphatic rings. The molecule has 0 aliphatic carbocycles. The Morgan fingerprint density at radius 1 is 1.50 bits per heavy atom. The van der Waals surface area contributed by atoms with Crippen molar-refractivity contribution in [2.45, 2.75) is 0 Å². The second kappa shape index (κ2) is 3.42. The quantitative estimate of drug-likeness (QED) is 0.754. The highest BCUT2D eigenvalue weighted by Gasteiger charge is 2.23. The van der Waals surface area contributed by atoms with E-state index in [1.165, 1.54) is 7.11 Å². The highest BCUT2D eigenvalue weighted by molar-refractivity contribution is 7.97. The van der Waals surface area contributed by atoms with Crippen LogP contribution < -0.4 is 14.2 Å². The summed E-state index contributed by atoms with van der Waals surface area (Å²) in [6.07, 6.45) is 0. The van der Waals surface area contributed by atoms with Gasteiger partial charge >= 0.3 is 0 Å². The molecule has 1 heterocycles. The molecule has 0 N–H and O–H groups in total. The monoisotopic (exact) mass is 212 g/mol. The number of benzene rings is 1. The van der Waals surface area contributed by atoms with Crippen molar-refractivity contribution >= 4 is 17.7 Å². The largest absolute Gasteiger partial charge is 0.492 e. The Balaban J connectivity index is 2.59. The number of carbonyl (C=O) groups excluding carboxylic acids is 1. The molecule has 0 atom stereocenters. The Morgan fingerprint density at radius 3 is 2.93 bits per heavy atom. The summed E-state index contributed by atoms with van der Waals surface area (Å²) in [6, 6.07) is 3.26. The summed E-state index contributed by atoms with van der Waals surface area (Å²) in [5.41, 5.74) is 0.375. The summed E-state index contributed by atoms with van der Waals surface area (Å²) < 4.78 is 15.4. The molecule has 0 bridgehead atoms. The van der Waals surface area contributed by atoms with Crippen molar-refractivity contribution in [3.05, 3.63) is 17.7 Å². The lowest BCUT2D eigenvalue weighted by molar-refractivity contribution is 0.108. The van der Waals surface area contributed by atoms with Gasteiger partial charge in [0.25, 0.3) is 0 Å². The van der Waals surface area contributed by atoms with Crippen LogP contribution in [0.2, 0.25) is 0 Å². The summed E-state index contributed by atoms with van der Waals surface area (Å²) in [6.45, 7) is 0.149. The van der Waals surface area contributed by atoms with Gasteiger partial charge in [0, 0.05) is 0 Å². The van der Waals surface area contributed by atoms with Crippen LogP contribution in [0.1, 0.15) is 10.4 Å². The molecule has 1 aromatic rings. The van der Waals surface area contributed by atoms with Crippen LogP contribution >= 0.6 is 12.6 Å². The Morgan fingerprint density at radius 2 is 2.29 bits per heavy atom. The maximum absolute atomic E-state index is 11.1. The zero-order valence-corrected chi connectivity index (χ0v) is 8.34. The fourth-order valence-electron chi connectivity index (χ4n) is 1.32. The molecule has 0 fully saturated rings. The van der Waals surface area contributed by atoms with Crippen LogP contribution in [-0.4, -0.2) is 19.0 Å². The second-order valence-corrected chi connectivity index (χ2v) is 3.09. The zero-order chi connectivity index (χ0) is 10.1. The van der Waals surface area contributed by atoms with Crippen LogP contribution in [0.25, 0.3) is 0 Å². The number of thiol groups is 1. The highest BCUT2D eigenvalue weighted by atomic mass is 32.1. The van der Waals surface area contributed by atoms with Gasteiger partial charge < -0.3 is 14.2 Å². The Kier molecular flexibility index (Phi) is 2.25. The fraction of sp³-hybridized carbons (Fsp3) is 0.222. The molecule has 0 saturated heterocycles. The van der Waals surface area contributed by atoms with E-state index in [0.717, 1.165) is 0 Å². The molecule has 0 amide bonds. The first-order valence-electron chi connectivity index (χ1n) is 3.94. The van der Waals surface area contributed by atoms with E-state index in [4.69, 9.17) is 14.2 Å². The first-order valence-corrected chi connectivity index (χ1v) is 4.38. The van der Waals surface area contributed by atoms with E-state index in [2.05, 4.69) is 12.6 Å². The van der Waals surface area contributed by atoms with Gasteiger partial charge in [0.2, 0.25) is 17.7 Å². The number of hydrogen-bond acceptors (Lipinski definition) is 4. The lowest BCUT2D eigenvalue weighted by atomic mass is 10.2. The average Bonchev–Trinajstić information content (AvgIpc) is 2.63. The van der Waals surface area contributed by atoms with Crippen LogP contribution in [0.5, 0.6) is 17.2 Å². The van der Waals surface area contributed by atoms with Gasteiger partial charge in [-0.15, -0.1) is 12.6 Å². The smallest absolute Gasteiger partial charge is 0.231 e. The van der Waals surface area contributed by atoms with Gasteiger partial charge in [-0.25, -0.2) is 0 Å². The van der Waals surface area contributed by atoms with Gasteiger partial charge in [0.1, 0.15) is 0 Å². The molecule has 2 rings (SSSR count). The number of hydrogen-bond donors (Lipinski definition) is 1. The summed E-state index contributed by atoms with van der Waals surface area (Å²) in [7, 11) is 1.47. The normalized spacial score (nSPS) is 12.7. The Labute approximate surface area is 86.2 Å².